The molecule has 2 heterocycles. The Bertz CT molecular complexity index is 1160. The molecule has 0 saturated carbocycles. The van der Waals surface area contributed by atoms with Gasteiger partial charge in [0.25, 0.3) is 0 Å². The highest BCUT2D eigenvalue weighted by Crippen LogP contribution is 2.51. The molecule has 0 amide bonds. The third-order valence-corrected chi connectivity index (χ3v) is 10.9. The molecule has 4 rings (SSSR count). The van der Waals surface area contributed by atoms with E-state index in [1.165, 1.54) is 16.7 Å². The van der Waals surface area contributed by atoms with Gasteiger partial charge in [0.15, 0.2) is 0 Å². The lowest BCUT2D eigenvalue weighted by molar-refractivity contribution is -0.149. The Labute approximate surface area is 287 Å². The van der Waals surface area contributed by atoms with E-state index in [0.29, 0.717) is 44.5 Å². The minimum Gasteiger partial charge on any atom is -0.497 e. The first-order valence-electron chi connectivity index (χ1n) is 17.7. The quantitative estimate of drug-likeness (QED) is 0.122. The van der Waals surface area contributed by atoms with E-state index < -0.39 is 0 Å². The summed E-state index contributed by atoms with van der Waals surface area (Å²) in [5.41, 5.74) is 4.69. The van der Waals surface area contributed by atoms with Gasteiger partial charge in [-0.1, -0.05) is 83.2 Å². The number of hydrogen-bond donors (Lipinski definition) is 0. The van der Waals surface area contributed by atoms with Crippen molar-refractivity contribution in [2.24, 2.45) is 0 Å². The minimum absolute atomic E-state index is 0.0246. The highest BCUT2D eigenvalue weighted by molar-refractivity contribution is 8.00. The van der Waals surface area contributed by atoms with Gasteiger partial charge in [-0.25, -0.2) is 0 Å². The molecule has 0 bridgehead atoms. The van der Waals surface area contributed by atoms with Crippen LogP contribution < -0.4 is 9.47 Å². The lowest BCUT2D eigenvalue weighted by atomic mass is 9.90. The van der Waals surface area contributed by atoms with Crippen LogP contribution in [-0.4, -0.2) is 70.3 Å². The van der Waals surface area contributed by atoms with Gasteiger partial charge in [-0.05, 0) is 60.9 Å². The second-order valence-electron chi connectivity index (χ2n) is 12.5. The number of ether oxygens (including phenoxy) is 6. The molecule has 8 heteroatoms. The third-order valence-electron chi connectivity index (χ3n) is 8.87. The molecule has 2 aromatic rings. The largest absolute Gasteiger partial charge is 0.497 e. The Morgan fingerprint density at radius 3 is 2.04 bits per heavy atom. The van der Waals surface area contributed by atoms with Gasteiger partial charge in [-0.3, -0.25) is 0 Å². The zero-order chi connectivity index (χ0) is 32.7. The van der Waals surface area contributed by atoms with Gasteiger partial charge in [0.05, 0.1) is 35.8 Å². The summed E-state index contributed by atoms with van der Waals surface area (Å²) in [5.74, 6) is 1.67. The number of hydrogen-bond acceptors (Lipinski definition) is 7. The lowest BCUT2D eigenvalue weighted by Gasteiger charge is -2.46. The number of halogens is 1. The van der Waals surface area contributed by atoms with E-state index in [9.17, 15) is 0 Å². The highest BCUT2D eigenvalue weighted by atomic mass is 35.5. The van der Waals surface area contributed by atoms with Crippen LogP contribution >= 0.6 is 23.4 Å². The second-order valence-corrected chi connectivity index (χ2v) is 14.2. The molecule has 0 N–H and O–H groups in total. The number of thioether (sulfide) groups is 1. The average molecular weight is 677 g/mol. The van der Waals surface area contributed by atoms with Crippen molar-refractivity contribution in [1.82, 2.24) is 0 Å². The van der Waals surface area contributed by atoms with E-state index in [2.05, 4.69) is 45.9 Å². The molecule has 1 fully saturated rings. The summed E-state index contributed by atoms with van der Waals surface area (Å²) < 4.78 is 38.4. The van der Waals surface area contributed by atoms with Gasteiger partial charge in [0.2, 0.25) is 0 Å². The smallest absolute Gasteiger partial charge is 0.141 e. The predicted molar refractivity (Wildman–Crippen MR) is 190 cm³/mol. The Morgan fingerprint density at radius 1 is 0.804 bits per heavy atom. The fourth-order valence-electron chi connectivity index (χ4n) is 6.17. The third kappa shape index (κ3) is 10.0. The molecular formula is C38H57ClO6S. The van der Waals surface area contributed by atoms with Crippen molar-refractivity contribution in [1.29, 1.82) is 0 Å². The molecule has 46 heavy (non-hydrogen) atoms. The molecule has 2 aromatic carbocycles. The summed E-state index contributed by atoms with van der Waals surface area (Å²) in [6.45, 7) is 12.9. The van der Waals surface area contributed by atoms with Gasteiger partial charge in [-0.15, -0.1) is 11.8 Å². The Morgan fingerprint density at radius 2 is 1.41 bits per heavy atom. The number of rotatable bonds is 21. The summed E-state index contributed by atoms with van der Waals surface area (Å²) in [7, 11) is 1.69. The first kappa shape index (κ1) is 37.3. The number of benzene rings is 2. The summed E-state index contributed by atoms with van der Waals surface area (Å²) >= 11 is 9.03. The van der Waals surface area contributed by atoms with Crippen molar-refractivity contribution in [2.45, 2.75) is 121 Å². The topological polar surface area (TPSA) is 55.4 Å². The van der Waals surface area contributed by atoms with Gasteiger partial charge in [0.1, 0.15) is 29.8 Å². The maximum absolute atomic E-state index is 7.09. The first-order valence-corrected chi connectivity index (χ1v) is 19.1. The molecule has 2 aliphatic rings. The van der Waals surface area contributed by atoms with Crippen LogP contribution in [0.25, 0.3) is 0 Å². The maximum Gasteiger partial charge on any atom is 0.141 e. The molecule has 2 aliphatic heterocycles. The van der Waals surface area contributed by atoms with Crippen LogP contribution in [0.5, 0.6) is 11.5 Å². The van der Waals surface area contributed by atoms with Crippen LogP contribution in [-0.2, 0) is 31.8 Å². The molecule has 0 spiro atoms. The van der Waals surface area contributed by atoms with E-state index in [0.717, 1.165) is 81.5 Å². The Hall–Kier alpha value is -1.48. The average Bonchev–Trinajstić information content (AvgIpc) is 3.57. The van der Waals surface area contributed by atoms with Crippen molar-refractivity contribution in [3.05, 3.63) is 57.6 Å². The maximum atomic E-state index is 7.09. The fourth-order valence-corrected chi connectivity index (χ4v) is 8.14. The lowest BCUT2D eigenvalue weighted by Crippen LogP contribution is -2.55. The van der Waals surface area contributed by atoms with Crippen molar-refractivity contribution in [2.75, 3.05) is 46.8 Å². The van der Waals surface area contributed by atoms with Crippen LogP contribution in [0.2, 0.25) is 5.02 Å². The standard InChI is InChI=1S/C38H57ClO6S/c1-6-10-19-41-26-32-35(42-20-11-7-2)36(43-21-12-8-3)37(44-22-13-9-4)38(46-32)31-25-28(33(39)34-30(31)18-23-45-34)24-27-14-16-29(40-5)17-15-27/h14-17,25,32,35-38H,6-13,18-24,26H2,1-5H3/t32-,35-,36+,37-,38+/m1/s1. The van der Waals surface area contributed by atoms with E-state index in [-0.39, 0.29) is 28.8 Å². The van der Waals surface area contributed by atoms with Gasteiger partial charge >= 0.3 is 0 Å². The first-order chi connectivity index (χ1) is 22.6. The van der Waals surface area contributed by atoms with E-state index in [1.807, 2.05) is 23.9 Å². The van der Waals surface area contributed by atoms with Crippen molar-refractivity contribution in [3.8, 4) is 11.5 Å². The molecule has 0 unspecified atom stereocenters. The molecule has 0 aromatic heterocycles. The Kier molecular flexibility index (Phi) is 16.3. The molecule has 6 nitrogen and oxygen atoms in total. The molecule has 0 radical (unpaired) electrons. The summed E-state index contributed by atoms with van der Waals surface area (Å²) in [4.78, 5) is 0. The fraction of sp³-hybridized carbons (Fsp3) is 0.684. The summed E-state index contributed by atoms with van der Waals surface area (Å²) in [5, 5.41) is 0.846. The van der Waals surface area contributed by atoms with Crippen LogP contribution in [0.1, 0.15) is 107 Å². The molecule has 258 valence electrons. The minimum atomic E-state index is -0.204. The van der Waals surface area contributed by atoms with Gasteiger partial charge in [-0.2, -0.15) is 0 Å². The van der Waals surface area contributed by atoms with Crippen LogP contribution in [0, 0.1) is 0 Å². The second kappa shape index (κ2) is 20.1. The van der Waals surface area contributed by atoms with E-state index >= 15 is 0 Å². The number of fused-ring (bicyclic) bond motifs is 1. The highest BCUT2D eigenvalue weighted by Gasteiger charge is 2.49. The van der Waals surface area contributed by atoms with Crippen molar-refractivity contribution >= 4 is 23.4 Å². The van der Waals surface area contributed by atoms with Crippen molar-refractivity contribution in [3.63, 3.8) is 0 Å². The predicted octanol–water partition coefficient (Wildman–Crippen LogP) is 9.40. The zero-order valence-electron chi connectivity index (χ0n) is 28.8. The summed E-state index contributed by atoms with van der Waals surface area (Å²) in [6.07, 6.45) is 9.48. The van der Waals surface area contributed by atoms with Gasteiger partial charge < -0.3 is 28.4 Å². The van der Waals surface area contributed by atoms with Crippen LogP contribution in [0.3, 0.4) is 0 Å². The van der Waals surface area contributed by atoms with Crippen molar-refractivity contribution < 1.29 is 28.4 Å². The molecular weight excluding hydrogens is 620 g/mol. The van der Waals surface area contributed by atoms with E-state index in [1.54, 1.807) is 7.11 Å². The zero-order valence-corrected chi connectivity index (χ0v) is 30.4. The molecule has 0 aliphatic carbocycles. The van der Waals surface area contributed by atoms with Crippen LogP contribution in [0.4, 0.5) is 0 Å². The monoisotopic (exact) mass is 676 g/mol. The number of methoxy groups -OCH3 is 1. The molecule has 1 saturated heterocycles. The number of unbranched alkanes of at least 4 members (excludes halogenated alkanes) is 4. The Balaban J connectivity index is 1.76. The summed E-state index contributed by atoms with van der Waals surface area (Å²) in [6, 6.07) is 10.5. The molecule has 5 atom stereocenters. The van der Waals surface area contributed by atoms with Gasteiger partial charge in [0, 0.05) is 38.4 Å². The van der Waals surface area contributed by atoms with Crippen LogP contribution in [0.15, 0.2) is 30.3 Å². The normalized spacial score (nSPS) is 22.5. The van der Waals surface area contributed by atoms with E-state index in [4.69, 9.17) is 40.0 Å². The SMILES string of the molecule is CCCCOC[C@H]1S[C@@H](c2cc(Cc3ccc(OC)cc3)c(Cl)c3c2CCO3)[C@H](OCCCC)[C@@H](OCCCC)[C@@H]1OCCCC.